The second-order valence-corrected chi connectivity index (χ2v) is 12.5. The average Bonchev–Trinajstić information content (AvgIpc) is 2.72. The molecule has 0 saturated heterocycles. The summed E-state index contributed by atoms with van der Waals surface area (Å²) in [5.41, 5.74) is 0.460. The number of carbonyl (C=O) groups excluding carboxylic acids is 2. The van der Waals surface area contributed by atoms with Gasteiger partial charge in [-0.1, -0.05) is 0 Å². The summed E-state index contributed by atoms with van der Waals surface area (Å²) in [6.45, 7) is 6.05. The fourth-order valence-electron chi connectivity index (χ4n) is 2.01. The molecule has 5 nitrogen and oxygen atoms in total. The number of esters is 2. The number of carbonyl (C=O) groups is 2. The van der Waals surface area contributed by atoms with Gasteiger partial charge in [-0.25, -0.2) is 0 Å². The van der Waals surface area contributed by atoms with Crippen LogP contribution in [0.15, 0.2) is 21.7 Å². The van der Waals surface area contributed by atoms with Crippen molar-refractivity contribution in [3.63, 3.8) is 0 Å². The molecule has 1 heterocycles. The zero-order valence-corrected chi connectivity index (χ0v) is 14.9. The Hall–Kier alpha value is -0.750. The van der Waals surface area contributed by atoms with Crippen molar-refractivity contribution in [2.75, 3.05) is 13.7 Å². The van der Waals surface area contributed by atoms with E-state index in [1.54, 1.807) is 0 Å². The number of hydrogen-bond acceptors (Lipinski definition) is 5. The summed E-state index contributed by atoms with van der Waals surface area (Å²) in [7, 11) is 1.32. The van der Waals surface area contributed by atoms with Gasteiger partial charge in [-0.15, -0.1) is 0 Å². The molecule has 1 rings (SSSR count). The van der Waals surface area contributed by atoms with Gasteiger partial charge < -0.3 is 0 Å². The molecule has 0 saturated carbocycles. The fourth-order valence-corrected chi connectivity index (χ4v) is 8.97. The molecule has 0 spiro atoms. The molecular weight excluding hydrogens is 351 g/mol. The van der Waals surface area contributed by atoms with Gasteiger partial charge in [0, 0.05) is 0 Å². The van der Waals surface area contributed by atoms with Crippen molar-refractivity contribution in [2.24, 2.45) is 0 Å². The van der Waals surface area contributed by atoms with Crippen molar-refractivity contribution in [2.45, 2.75) is 28.3 Å². The van der Waals surface area contributed by atoms with Crippen LogP contribution in [0.1, 0.15) is 19.8 Å². The van der Waals surface area contributed by atoms with Gasteiger partial charge in [0.05, 0.1) is 0 Å². The van der Waals surface area contributed by atoms with Crippen molar-refractivity contribution < 1.29 is 23.8 Å². The zero-order valence-electron chi connectivity index (χ0n) is 11.6. The maximum absolute atomic E-state index is 11.7. The number of rotatable bonds is 6. The van der Waals surface area contributed by atoms with E-state index in [2.05, 4.69) is 11.3 Å². The van der Waals surface area contributed by atoms with Crippen molar-refractivity contribution in [3.8, 4) is 0 Å². The first-order valence-electron chi connectivity index (χ1n) is 6.32. The van der Waals surface area contributed by atoms with Crippen molar-refractivity contribution >= 4 is 33.4 Å². The van der Waals surface area contributed by atoms with Crippen LogP contribution in [0.25, 0.3) is 0 Å². The second kappa shape index (κ2) is 7.75. The van der Waals surface area contributed by atoms with Gasteiger partial charge in [0.1, 0.15) is 0 Å². The molecular formula is C13H19InO5. The Labute approximate surface area is 121 Å². The van der Waals surface area contributed by atoms with E-state index in [-0.39, 0.29) is 3.86 Å². The first-order valence-corrected chi connectivity index (χ1v) is 13.2. The molecule has 1 atom stereocenters. The van der Waals surface area contributed by atoms with E-state index < -0.39 is 33.4 Å². The van der Waals surface area contributed by atoms with Gasteiger partial charge in [0.15, 0.2) is 0 Å². The molecule has 1 unspecified atom stereocenters. The molecule has 0 fully saturated rings. The monoisotopic (exact) mass is 370 g/mol. The molecule has 0 N–H and O–H groups in total. The van der Waals surface area contributed by atoms with Crippen LogP contribution in [0, 0.1) is 0 Å². The van der Waals surface area contributed by atoms with Crippen LogP contribution in [-0.2, 0) is 23.8 Å². The van der Waals surface area contributed by atoms with Crippen molar-refractivity contribution in [1.29, 1.82) is 0 Å². The second-order valence-electron chi connectivity index (χ2n) is 4.36. The van der Waals surface area contributed by atoms with Crippen LogP contribution >= 0.6 is 0 Å². The summed E-state index contributed by atoms with van der Waals surface area (Å²) < 4.78 is 18.4. The van der Waals surface area contributed by atoms with Gasteiger partial charge in [-0.2, -0.15) is 0 Å². The standard InChI is InChI=1S/C12H16O5.CH3.In/c1-4-7-16-8-6-10(12(14)15-3)9-17-11(13)5-2;;/h5,8H,2,4,6-7H2,1,3H3;1H3;. The Morgan fingerprint density at radius 1 is 1.53 bits per heavy atom. The summed E-state index contributed by atoms with van der Waals surface area (Å²) in [6, 6.07) is 0. The number of ether oxygens (including phenoxy) is 3. The van der Waals surface area contributed by atoms with Crippen LogP contribution in [0.4, 0.5) is 0 Å². The molecule has 6 heteroatoms. The Morgan fingerprint density at radius 2 is 2.21 bits per heavy atom. The average molecular weight is 370 g/mol. The molecule has 0 amide bonds. The molecule has 0 aromatic heterocycles. The van der Waals surface area contributed by atoms with E-state index in [0.717, 1.165) is 12.5 Å². The zero-order chi connectivity index (χ0) is 14.4. The van der Waals surface area contributed by atoms with E-state index in [0.29, 0.717) is 22.1 Å². The van der Waals surface area contributed by atoms with Crippen LogP contribution in [0.3, 0.4) is 0 Å². The number of hydrogen-bond donors (Lipinski definition) is 0. The quantitative estimate of drug-likeness (QED) is 0.525. The first-order chi connectivity index (χ1) is 9.04. The van der Waals surface area contributed by atoms with Crippen molar-refractivity contribution in [3.05, 3.63) is 21.7 Å². The third-order valence-corrected chi connectivity index (χ3v) is 11.1. The third kappa shape index (κ3) is 4.11. The Kier molecular flexibility index (Phi) is 6.65. The topological polar surface area (TPSA) is 61.8 Å². The van der Waals surface area contributed by atoms with Gasteiger partial charge in [-0.05, 0) is 0 Å². The Bertz CT molecular complexity index is 402. The summed E-state index contributed by atoms with van der Waals surface area (Å²) in [6.07, 6.45) is 2.51. The van der Waals surface area contributed by atoms with Gasteiger partial charge >= 0.3 is 121 Å². The SMILES string of the molecule is C=CC(=O)O[C]1=C(C(=O)OC)C[CH](OCCC)[In]1[CH3]. The van der Waals surface area contributed by atoms with E-state index in [1.807, 2.05) is 6.92 Å². The summed E-state index contributed by atoms with van der Waals surface area (Å²) >= 11 is -2.40. The summed E-state index contributed by atoms with van der Waals surface area (Å²) in [5, 5.41) is 0. The predicted octanol–water partition coefficient (Wildman–Crippen LogP) is 1.54. The van der Waals surface area contributed by atoms with E-state index in [1.165, 1.54) is 7.11 Å². The van der Waals surface area contributed by atoms with E-state index >= 15 is 0 Å². The maximum atomic E-state index is 11.7. The summed E-state index contributed by atoms with van der Waals surface area (Å²) in [4.78, 5) is 23.1. The molecule has 1 aliphatic rings. The van der Waals surface area contributed by atoms with E-state index in [9.17, 15) is 9.59 Å². The first kappa shape index (κ1) is 16.3. The minimum absolute atomic E-state index is 0.0449. The van der Waals surface area contributed by atoms with Gasteiger partial charge in [0.25, 0.3) is 0 Å². The number of methoxy groups -OCH3 is 1. The normalized spacial score (nSPS) is 18.5. The predicted molar refractivity (Wildman–Crippen MR) is 71.6 cm³/mol. The molecule has 1 aliphatic heterocycles. The van der Waals surface area contributed by atoms with E-state index in [4.69, 9.17) is 14.2 Å². The Balaban J connectivity index is 2.90. The van der Waals surface area contributed by atoms with Gasteiger partial charge in [-0.3, -0.25) is 0 Å². The fraction of sp³-hybridized carbons (Fsp3) is 0.538. The molecule has 0 aromatic carbocycles. The van der Waals surface area contributed by atoms with Gasteiger partial charge in [0.2, 0.25) is 0 Å². The molecule has 19 heavy (non-hydrogen) atoms. The molecule has 0 aliphatic carbocycles. The molecule has 0 radical (unpaired) electrons. The third-order valence-electron chi connectivity index (χ3n) is 3.02. The molecule has 0 aromatic rings. The molecule has 0 bridgehead atoms. The van der Waals surface area contributed by atoms with Crippen LogP contribution in [0.5, 0.6) is 0 Å². The summed E-state index contributed by atoms with van der Waals surface area (Å²) in [5.74, 6) is -0.964. The minimum atomic E-state index is -2.40. The van der Waals surface area contributed by atoms with Crippen LogP contribution < -0.4 is 0 Å². The van der Waals surface area contributed by atoms with Crippen LogP contribution in [0.2, 0.25) is 4.68 Å². The van der Waals surface area contributed by atoms with Crippen LogP contribution in [-0.4, -0.2) is 51.0 Å². The van der Waals surface area contributed by atoms with Crippen molar-refractivity contribution in [1.82, 2.24) is 0 Å². The Morgan fingerprint density at radius 3 is 2.74 bits per heavy atom. The molecule has 104 valence electrons.